The van der Waals surface area contributed by atoms with E-state index in [2.05, 4.69) is 33.3 Å². The molecule has 1 heterocycles. The molecule has 1 N–H and O–H groups in total. The van der Waals surface area contributed by atoms with Crippen LogP contribution < -0.4 is 5.32 Å². The Morgan fingerprint density at radius 3 is 2.33 bits per heavy atom. The second kappa shape index (κ2) is 6.87. The zero-order chi connectivity index (χ0) is 19.3. The second-order valence-electron chi connectivity index (χ2n) is 8.95. The Kier molecular flexibility index (Phi) is 4.81. The summed E-state index contributed by atoms with van der Waals surface area (Å²) in [5, 5.41) is 18.3. The Balaban J connectivity index is 1.47. The molecule has 0 spiro atoms. The highest BCUT2D eigenvalue weighted by Crippen LogP contribution is 2.61. The normalized spacial score (nSPS) is 32.5. The third-order valence-corrected chi connectivity index (χ3v) is 8.08. The first-order valence-corrected chi connectivity index (χ1v) is 10.8. The molecular formula is C19H27BrN4O3. The van der Waals surface area contributed by atoms with Gasteiger partial charge in [-0.05, 0) is 95.9 Å². The lowest BCUT2D eigenvalue weighted by molar-refractivity contribution is -0.390. The van der Waals surface area contributed by atoms with Crippen LogP contribution >= 0.6 is 15.9 Å². The van der Waals surface area contributed by atoms with Gasteiger partial charge in [0.15, 0.2) is 0 Å². The smallest absolute Gasteiger partial charge is 0.358 e. The lowest BCUT2D eigenvalue weighted by Gasteiger charge is -2.59. The molecule has 7 nitrogen and oxygen atoms in total. The minimum atomic E-state index is -0.532. The van der Waals surface area contributed by atoms with Crippen LogP contribution in [-0.4, -0.2) is 26.7 Å². The van der Waals surface area contributed by atoms with Crippen LogP contribution in [0.4, 0.5) is 5.82 Å². The summed E-state index contributed by atoms with van der Waals surface area (Å²) in [7, 11) is 0. The van der Waals surface area contributed by atoms with Crippen LogP contribution in [0.1, 0.15) is 57.6 Å². The Morgan fingerprint density at radius 2 is 1.89 bits per heavy atom. The van der Waals surface area contributed by atoms with Crippen LogP contribution in [0.3, 0.4) is 0 Å². The van der Waals surface area contributed by atoms with Gasteiger partial charge in [-0.3, -0.25) is 4.79 Å². The van der Waals surface area contributed by atoms with Gasteiger partial charge in [-0.25, -0.2) is 0 Å². The molecule has 0 aromatic carbocycles. The molecule has 1 atom stereocenters. The van der Waals surface area contributed by atoms with Crippen LogP contribution in [0.2, 0.25) is 0 Å². The van der Waals surface area contributed by atoms with E-state index in [4.69, 9.17) is 0 Å². The monoisotopic (exact) mass is 438 g/mol. The topological polar surface area (TPSA) is 90.1 Å². The molecule has 0 saturated heterocycles. The molecular weight excluding hydrogens is 412 g/mol. The summed E-state index contributed by atoms with van der Waals surface area (Å²) in [6.07, 6.45) is 8.82. The van der Waals surface area contributed by atoms with E-state index in [1.165, 1.54) is 43.2 Å². The van der Waals surface area contributed by atoms with E-state index in [-0.39, 0.29) is 29.7 Å². The van der Waals surface area contributed by atoms with E-state index in [0.717, 1.165) is 24.2 Å². The molecule has 0 radical (unpaired) electrons. The number of nitro groups is 1. The van der Waals surface area contributed by atoms with Crippen molar-refractivity contribution >= 4 is 27.7 Å². The lowest BCUT2D eigenvalue weighted by Crippen LogP contribution is -2.57. The minimum Gasteiger partial charge on any atom is -0.358 e. The fourth-order valence-corrected chi connectivity index (χ4v) is 6.88. The average molecular weight is 439 g/mol. The fraction of sp³-hybridized carbons (Fsp3) is 0.789. The number of hydrogen-bond acceptors (Lipinski definition) is 4. The number of amides is 1. The first-order valence-electron chi connectivity index (χ1n) is 9.98. The molecule has 148 valence electrons. The van der Waals surface area contributed by atoms with E-state index < -0.39 is 4.92 Å². The molecule has 1 aromatic rings. The van der Waals surface area contributed by atoms with Crippen LogP contribution in [-0.2, 0) is 11.3 Å². The van der Waals surface area contributed by atoms with Crippen molar-refractivity contribution < 1.29 is 9.72 Å². The third kappa shape index (κ3) is 3.30. The van der Waals surface area contributed by atoms with Gasteiger partial charge in [-0.2, -0.15) is 4.68 Å². The van der Waals surface area contributed by atoms with Gasteiger partial charge in [0, 0.05) is 6.04 Å². The highest BCUT2D eigenvalue weighted by Gasteiger charge is 2.54. The van der Waals surface area contributed by atoms with Gasteiger partial charge < -0.3 is 15.4 Å². The largest absolute Gasteiger partial charge is 0.404 e. The summed E-state index contributed by atoms with van der Waals surface area (Å²) in [4.78, 5) is 23.3. The molecule has 0 aliphatic heterocycles. The molecule has 4 aliphatic carbocycles. The van der Waals surface area contributed by atoms with E-state index in [1.807, 2.05) is 0 Å². The zero-order valence-electron chi connectivity index (χ0n) is 15.9. The quantitative estimate of drug-likeness (QED) is 0.537. The molecule has 4 aliphatic rings. The Labute approximate surface area is 167 Å². The van der Waals surface area contributed by atoms with Crippen molar-refractivity contribution in [2.45, 2.75) is 71.4 Å². The first-order chi connectivity index (χ1) is 12.8. The standard InChI is InChI=1S/C19H27BrN4O3/c1-3-15(19-7-12-4-13(8-19)6-14(5-12)9-19)21-16(25)10-23-11(2)17(20)18(22-23)24(26)27/h12-15H,3-10H2,1-2H3,(H,21,25). The van der Waals surface area contributed by atoms with E-state index >= 15 is 0 Å². The number of halogens is 1. The number of rotatable bonds is 6. The fourth-order valence-electron chi connectivity index (χ4n) is 6.45. The highest BCUT2D eigenvalue weighted by atomic mass is 79.9. The molecule has 8 heteroatoms. The molecule has 4 saturated carbocycles. The van der Waals surface area contributed by atoms with Gasteiger partial charge in [0.1, 0.15) is 11.0 Å². The van der Waals surface area contributed by atoms with Crippen molar-refractivity contribution in [3.63, 3.8) is 0 Å². The summed E-state index contributed by atoms with van der Waals surface area (Å²) >= 11 is 3.21. The summed E-state index contributed by atoms with van der Waals surface area (Å²) in [5.41, 5.74) is 0.852. The molecule has 1 aromatic heterocycles. The maximum Gasteiger partial charge on any atom is 0.404 e. The molecule has 1 amide bonds. The number of aromatic nitrogens is 2. The molecule has 4 fully saturated rings. The Hall–Kier alpha value is -1.44. The second-order valence-corrected chi connectivity index (χ2v) is 9.74. The maximum atomic E-state index is 12.8. The highest BCUT2D eigenvalue weighted by molar-refractivity contribution is 9.10. The predicted molar refractivity (Wildman–Crippen MR) is 104 cm³/mol. The van der Waals surface area contributed by atoms with Gasteiger partial charge in [-0.1, -0.05) is 6.92 Å². The Bertz CT molecular complexity index is 740. The SMILES string of the molecule is CCC(NC(=O)Cn1nc([N+](=O)[O-])c(Br)c1C)C12CC3CC(CC(C3)C1)C2. The van der Waals surface area contributed by atoms with Crippen molar-refractivity contribution in [2.75, 3.05) is 0 Å². The van der Waals surface area contributed by atoms with Crippen LogP contribution in [0.5, 0.6) is 0 Å². The number of carbonyl (C=O) groups excluding carboxylic acids is 1. The number of hydrogen-bond donors (Lipinski definition) is 1. The van der Waals surface area contributed by atoms with Crippen molar-refractivity contribution in [2.24, 2.45) is 23.2 Å². The van der Waals surface area contributed by atoms with Gasteiger partial charge in [0.05, 0.1) is 10.8 Å². The minimum absolute atomic E-state index is 0.0150. The van der Waals surface area contributed by atoms with Crippen LogP contribution in [0.25, 0.3) is 0 Å². The maximum absolute atomic E-state index is 12.8. The van der Waals surface area contributed by atoms with Crippen molar-refractivity contribution in [3.8, 4) is 0 Å². The summed E-state index contributed by atoms with van der Waals surface area (Å²) < 4.78 is 1.76. The van der Waals surface area contributed by atoms with Crippen LogP contribution in [0.15, 0.2) is 4.47 Å². The summed E-state index contributed by atoms with van der Waals surface area (Å²) in [6.45, 7) is 3.90. The number of nitrogens with zero attached hydrogens (tertiary/aromatic N) is 3. The zero-order valence-corrected chi connectivity index (χ0v) is 17.5. The van der Waals surface area contributed by atoms with Crippen molar-refractivity contribution in [1.29, 1.82) is 0 Å². The van der Waals surface area contributed by atoms with E-state index in [9.17, 15) is 14.9 Å². The van der Waals surface area contributed by atoms with Gasteiger partial charge >= 0.3 is 5.82 Å². The molecule has 4 bridgehead atoms. The van der Waals surface area contributed by atoms with Gasteiger partial charge in [-0.15, -0.1) is 0 Å². The van der Waals surface area contributed by atoms with Crippen LogP contribution in [0, 0.1) is 40.2 Å². The Morgan fingerprint density at radius 1 is 1.33 bits per heavy atom. The van der Waals surface area contributed by atoms with Crippen molar-refractivity contribution in [3.05, 3.63) is 20.3 Å². The lowest BCUT2D eigenvalue weighted by atomic mass is 9.47. The van der Waals surface area contributed by atoms with E-state index in [1.54, 1.807) is 6.92 Å². The summed E-state index contributed by atoms with van der Waals surface area (Å²) in [5.74, 6) is 2.18. The number of carbonyl (C=O) groups is 1. The van der Waals surface area contributed by atoms with Gasteiger partial charge in [0.2, 0.25) is 5.91 Å². The first kappa shape index (κ1) is 18.9. The average Bonchev–Trinajstić information content (AvgIpc) is 2.87. The summed E-state index contributed by atoms with van der Waals surface area (Å²) in [6, 6.07) is 0.188. The van der Waals surface area contributed by atoms with Gasteiger partial charge in [0.25, 0.3) is 0 Å². The van der Waals surface area contributed by atoms with Crippen molar-refractivity contribution in [1.82, 2.24) is 15.1 Å². The third-order valence-electron chi connectivity index (χ3n) is 7.15. The number of nitrogens with one attached hydrogen (secondary N) is 1. The molecule has 5 rings (SSSR count). The molecule has 1 unspecified atom stereocenters. The predicted octanol–water partition coefficient (Wildman–Crippen LogP) is 3.97. The van der Waals surface area contributed by atoms with E-state index in [0.29, 0.717) is 10.2 Å². The molecule has 27 heavy (non-hydrogen) atoms.